The number of amides is 1. The van der Waals surface area contributed by atoms with Crippen LogP contribution in [-0.4, -0.2) is 34.9 Å². The summed E-state index contributed by atoms with van der Waals surface area (Å²) >= 11 is 5.64. The van der Waals surface area contributed by atoms with Gasteiger partial charge in [-0.3, -0.25) is 4.79 Å². The van der Waals surface area contributed by atoms with E-state index in [2.05, 4.69) is 29.4 Å². The van der Waals surface area contributed by atoms with Crippen molar-refractivity contribution < 1.29 is 9.53 Å². The number of nitrogens with one attached hydrogen (secondary N) is 1. The molecule has 0 radical (unpaired) electrons. The zero-order valence-electron chi connectivity index (χ0n) is 11.3. The van der Waals surface area contributed by atoms with Crippen LogP contribution in [0, 0.1) is 5.41 Å². The van der Waals surface area contributed by atoms with Gasteiger partial charge in [-0.05, 0) is 25.5 Å². The van der Waals surface area contributed by atoms with Crippen LogP contribution in [0.25, 0.3) is 0 Å². The number of rotatable bonds is 4. The van der Waals surface area contributed by atoms with Gasteiger partial charge in [0, 0.05) is 18.1 Å². The topological polar surface area (TPSA) is 64.1 Å². The molecule has 2 atom stereocenters. The third kappa shape index (κ3) is 2.87. The van der Waals surface area contributed by atoms with Crippen LogP contribution in [0.3, 0.4) is 0 Å². The van der Waals surface area contributed by atoms with Crippen LogP contribution in [0.15, 0.2) is 12.1 Å². The predicted molar refractivity (Wildman–Crippen MR) is 72.1 cm³/mol. The number of ether oxygens (including phenoxy) is 1. The lowest BCUT2D eigenvalue weighted by atomic mass is 9.64. The van der Waals surface area contributed by atoms with Gasteiger partial charge >= 0.3 is 0 Å². The summed E-state index contributed by atoms with van der Waals surface area (Å²) in [6.07, 6.45) is 1.02. The number of carbonyl (C=O) groups is 1. The molecule has 6 heteroatoms. The first-order valence-electron chi connectivity index (χ1n) is 6.37. The van der Waals surface area contributed by atoms with Gasteiger partial charge in [0.1, 0.15) is 0 Å². The molecule has 0 spiro atoms. The second-order valence-corrected chi connectivity index (χ2v) is 5.66. The summed E-state index contributed by atoms with van der Waals surface area (Å²) in [5.74, 6) is -0.225. The van der Waals surface area contributed by atoms with E-state index in [1.807, 2.05) is 6.92 Å². The van der Waals surface area contributed by atoms with Gasteiger partial charge in [-0.1, -0.05) is 25.4 Å². The summed E-state index contributed by atoms with van der Waals surface area (Å²) in [5.41, 5.74) is 0.214. The van der Waals surface area contributed by atoms with Crippen molar-refractivity contribution in [3.8, 4) is 0 Å². The Labute approximate surface area is 117 Å². The highest BCUT2D eigenvalue weighted by atomic mass is 35.5. The van der Waals surface area contributed by atoms with E-state index in [1.165, 1.54) is 0 Å². The number of halogens is 1. The van der Waals surface area contributed by atoms with Crippen molar-refractivity contribution >= 4 is 17.5 Å². The van der Waals surface area contributed by atoms with Crippen molar-refractivity contribution in [2.75, 3.05) is 6.61 Å². The summed E-state index contributed by atoms with van der Waals surface area (Å²) in [6.45, 7) is 6.85. The second kappa shape index (κ2) is 5.43. The van der Waals surface area contributed by atoms with E-state index < -0.39 is 0 Å². The average Bonchev–Trinajstić information content (AvgIpc) is 2.38. The normalized spacial score (nSPS) is 24.6. The first-order chi connectivity index (χ1) is 8.95. The van der Waals surface area contributed by atoms with Crippen molar-refractivity contribution in [1.82, 2.24) is 15.5 Å². The second-order valence-electron chi connectivity index (χ2n) is 5.27. The quantitative estimate of drug-likeness (QED) is 0.919. The maximum atomic E-state index is 12.0. The molecule has 2 rings (SSSR count). The smallest absolute Gasteiger partial charge is 0.272 e. The van der Waals surface area contributed by atoms with E-state index in [0.29, 0.717) is 6.61 Å². The molecule has 2 unspecified atom stereocenters. The van der Waals surface area contributed by atoms with Crippen molar-refractivity contribution in [2.24, 2.45) is 5.41 Å². The molecule has 1 aliphatic carbocycles. The van der Waals surface area contributed by atoms with Gasteiger partial charge in [0.15, 0.2) is 10.8 Å². The first-order valence-corrected chi connectivity index (χ1v) is 6.74. The summed E-state index contributed by atoms with van der Waals surface area (Å²) < 4.78 is 5.63. The van der Waals surface area contributed by atoms with Crippen molar-refractivity contribution in [3.05, 3.63) is 23.0 Å². The van der Waals surface area contributed by atoms with Crippen molar-refractivity contribution in [1.29, 1.82) is 0 Å². The zero-order valence-corrected chi connectivity index (χ0v) is 12.1. The van der Waals surface area contributed by atoms with Gasteiger partial charge < -0.3 is 10.1 Å². The van der Waals surface area contributed by atoms with Gasteiger partial charge in [-0.2, -0.15) is 0 Å². The summed E-state index contributed by atoms with van der Waals surface area (Å²) in [7, 11) is 0. The Morgan fingerprint density at radius 1 is 1.53 bits per heavy atom. The van der Waals surface area contributed by atoms with E-state index in [1.54, 1.807) is 12.1 Å². The molecule has 1 aliphatic rings. The van der Waals surface area contributed by atoms with Crippen LogP contribution in [-0.2, 0) is 4.74 Å². The van der Waals surface area contributed by atoms with Crippen LogP contribution in [0.1, 0.15) is 37.7 Å². The number of hydrogen-bond acceptors (Lipinski definition) is 4. The SMILES string of the molecule is CCOC1CC(NC(=O)c2ccc(Cl)nn2)C1(C)C. The average molecular weight is 284 g/mol. The minimum absolute atomic E-state index is 0.0640. The molecule has 1 N–H and O–H groups in total. The van der Waals surface area contributed by atoms with Crippen LogP contribution in [0.4, 0.5) is 0 Å². The summed E-state index contributed by atoms with van der Waals surface area (Å²) in [4.78, 5) is 12.0. The molecule has 0 aromatic carbocycles. The molecule has 1 saturated carbocycles. The molecule has 0 aliphatic heterocycles. The Kier molecular flexibility index (Phi) is 4.06. The third-order valence-corrected chi connectivity index (χ3v) is 3.92. The van der Waals surface area contributed by atoms with E-state index in [0.717, 1.165) is 6.42 Å². The number of hydrogen-bond donors (Lipinski definition) is 1. The molecule has 1 aromatic rings. The van der Waals surface area contributed by atoms with Gasteiger partial charge in [-0.15, -0.1) is 10.2 Å². The molecule has 0 saturated heterocycles. The molecule has 0 bridgehead atoms. The molecule has 5 nitrogen and oxygen atoms in total. The minimum Gasteiger partial charge on any atom is -0.378 e. The highest BCUT2D eigenvalue weighted by Gasteiger charge is 2.49. The first kappa shape index (κ1) is 14.2. The lowest BCUT2D eigenvalue weighted by Gasteiger charge is -2.51. The fourth-order valence-corrected chi connectivity index (χ4v) is 2.38. The number of carbonyl (C=O) groups excluding carboxylic acids is 1. The predicted octanol–water partition coefficient (Wildman–Crippen LogP) is 2.06. The van der Waals surface area contributed by atoms with Gasteiger partial charge in [-0.25, -0.2) is 0 Å². The lowest BCUT2D eigenvalue weighted by molar-refractivity contribution is -0.111. The molecule has 1 fully saturated rings. The highest BCUT2D eigenvalue weighted by molar-refractivity contribution is 6.29. The molecular formula is C13H18ClN3O2. The third-order valence-electron chi connectivity index (χ3n) is 3.72. The van der Waals surface area contributed by atoms with Gasteiger partial charge in [0.2, 0.25) is 0 Å². The maximum Gasteiger partial charge on any atom is 0.272 e. The molecular weight excluding hydrogens is 266 g/mol. The largest absolute Gasteiger partial charge is 0.378 e. The van der Waals surface area contributed by atoms with Gasteiger partial charge in [0.25, 0.3) is 5.91 Å². The van der Waals surface area contributed by atoms with Crippen LogP contribution < -0.4 is 5.32 Å². The Morgan fingerprint density at radius 3 is 2.79 bits per heavy atom. The Balaban J connectivity index is 1.96. The molecule has 1 heterocycles. The Hall–Kier alpha value is -1.20. The minimum atomic E-state index is -0.225. The molecule has 1 aromatic heterocycles. The fourth-order valence-electron chi connectivity index (χ4n) is 2.28. The maximum absolute atomic E-state index is 12.0. The fraction of sp³-hybridized carbons (Fsp3) is 0.615. The van der Waals surface area contributed by atoms with E-state index in [-0.39, 0.29) is 34.3 Å². The van der Waals surface area contributed by atoms with Crippen LogP contribution >= 0.6 is 11.6 Å². The lowest BCUT2D eigenvalue weighted by Crippen LogP contribution is -2.62. The molecule has 1 amide bonds. The summed E-state index contributed by atoms with van der Waals surface area (Å²) in [6, 6.07) is 3.21. The highest BCUT2D eigenvalue weighted by Crippen LogP contribution is 2.42. The monoisotopic (exact) mass is 283 g/mol. The molecule has 104 valence electrons. The zero-order chi connectivity index (χ0) is 14.0. The molecule has 19 heavy (non-hydrogen) atoms. The van der Waals surface area contributed by atoms with E-state index >= 15 is 0 Å². The van der Waals surface area contributed by atoms with Crippen LogP contribution in [0.5, 0.6) is 0 Å². The number of nitrogens with zero attached hydrogens (tertiary/aromatic N) is 2. The van der Waals surface area contributed by atoms with Crippen molar-refractivity contribution in [2.45, 2.75) is 39.3 Å². The van der Waals surface area contributed by atoms with E-state index in [9.17, 15) is 4.79 Å². The Bertz CT molecular complexity index is 461. The summed E-state index contributed by atoms with van der Waals surface area (Å²) in [5, 5.41) is 10.7. The van der Waals surface area contributed by atoms with Crippen molar-refractivity contribution in [3.63, 3.8) is 0 Å². The van der Waals surface area contributed by atoms with E-state index in [4.69, 9.17) is 16.3 Å². The van der Waals surface area contributed by atoms with Crippen LogP contribution in [0.2, 0.25) is 5.15 Å². The standard InChI is InChI=1S/C13H18ClN3O2/c1-4-19-10-7-9(13(10,2)3)15-12(18)8-5-6-11(14)17-16-8/h5-6,9-10H,4,7H2,1-3H3,(H,15,18). The number of aromatic nitrogens is 2. The van der Waals surface area contributed by atoms with Gasteiger partial charge in [0.05, 0.1) is 6.10 Å². The Morgan fingerprint density at radius 2 is 2.26 bits per heavy atom.